The Balaban J connectivity index is 0.000000118. The molecule has 0 unspecified atom stereocenters. The van der Waals surface area contributed by atoms with Gasteiger partial charge in [-0.25, -0.2) is 49.2 Å². The molecule has 24 heteroatoms. The maximum Gasteiger partial charge on any atom is 0.320 e. The number of carbonyl (C=O) groups excluding carboxylic acids is 1. The first-order valence-electron chi connectivity index (χ1n) is 43.8. The molecule has 6 N–H and O–H groups in total. The molecule has 3 aliphatic carbocycles. The number of esters is 1. The molecule has 3 saturated heterocycles. The first kappa shape index (κ1) is 79.5. The number of carbonyl (C=O) groups is 1. The minimum absolute atomic E-state index is 0.135. The van der Waals surface area contributed by atoms with Gasteiger partial charge in [0.25, 0.3) is 0 Å². The molecule has 124 heavy (non-hydrogen) atoms. The van der Waals surface area contributed by atoms with Gasteiger partial charge in [0.2, 0.25) is 0 Å². The average Bonchev–Trinajstić information content (AvgIpc) is 1.60. The second kappa shape index (κ2) is 34.4. The lowest BCUT2D eigenvalue weighted by atomic mass is 9.78. The SMILES string of the molecule is CCOC(=O)CN1CCN(C2CC(c3nc(-c4ccc5ccc(-c6ccccc6)nc5c4)c4c(N)nccn34)C2)CC1.CN1CCC(N(C)C2CC(c3nc(-c4ccc5ccc(-c6ccccc6)nc5c4)c4c(N)nccn34)C2)CC1.Nc1nccn2c(C3CC(N4CCN(c5ccc(F)cc5)CC4)C3)nc(-c3ccc4ccc(-c5ccccc5)nc4c3)c12. The first-order chi connectivity index (χ1) is 60.7. The molecule has 7 aromatic carbocycles. The normalized spacial score (nSPS) is 19.8. The molecule has 6 fully saturated rings. The Bertz CT molecular complexity index is 6540. The molecule has 0 spiro atoms. The summed E-state index contributed by atoms with van der Waals surface area (Å²) in [5.74, 6) is 5.43. The second-order valence-electron chi connectivity index (χ2n) is 34.2. The number of fused-ring (bicyclic) bond motifs is 6. The fraction of sp³-hybridized carbons (Fsp3) is 0.300. The number of piperidine rings is 1. The van der Waals surface area contributed by atoms with Crippen molar-refractivity contribution in [3.8, 4) is 67.5 Å². The fourth-order valence-corrected chi connectivity index (χ4v) is 19.5. The molecular weight excluding hydrogens is 1550 g/mol. The molecule has 0 amide bonds. The molecule has 12 heterocycles. The van der Waals surface area contributed by atoms with Crippen LogP contribution in [0.1, 0.15) is 93.5 Å². The highest BCUT2D eigenvalue weighted by molar-refractivity contribution is 5.95. The van der Waals surface area contributed by atoms with E-state index >= 15 is 0 Å². The molecule has 3 aliphatic heterocycles. The van der Waals surface area contributed by atoms with Crippen LogP contribution in [0.4, 0.5) is 27.5 Å². The van der Waals surface area contributed by atoms with E-state index in [1.165, 1.54) is 25.9 Å². The van der Waals surface area contributed by atoms with E-state index in [-0.39, 0.29) is 11.8 Å². The summed E-state index contributed by atoms with van der Waals surface area (Å²) in [5, 5.41) is 3.27. The maximum atomic E-state index is 13.4. The van der Waals surface area contributed by atoms with Crippen molar-refractivity contribution >= 4 is 78.4 Å². The van der Waals surface area contributed by atoms with E-state index < -0.39 is 0 Å². The largest absolute Gasteiger partial charge is 0.465 e. The van der Waals surface area contributed by atoms with E-state index in [4.69, 9.17) is 51.8 Å². The number of ether oxygens (including phenoxy) is 1. The van der Waals surface area contributed by atoms with Crippen LogP contribution in [-0.4, -0.2) is 205 Å². The number of nitrogens with zero attached hydrogens (tertiary/aromatic N) is 18. The van der Waals surface area contributed by atoms with Gasteiger partial charge in [0.05, 0.1) is 46.8 Å². The van der Waals surface area contributed by atoms with Crippen LogP contribution < -0.4 is 22.1 Å². The third-order valence-corrected chi connectivity index (χ3v) is 26.8. The van der Waals surface area contributed by atoms with Crippen molar-refractivity contribution in [2.24, 2.45) is 0 Å². The molecule has 626 valence electrons. The smallest absolute Gasteiger partial charge is 0.320 e. The summed E-state index contributed by atoms with van der Waals surface area (Å²) >= 11 is 0. The average molecular weight is 1650 g/mol. The number of imidazole rings is 3. The Morgan fingerprint density at radius 1 is 0.427 bits per heavy atom. The molecule has 9 aromatic heterocycles. The Morgan fingerprint density at radius 3 is 1.19 bits per heavy atom. The van der Waals surface area contributed by atoms with Crippen LogP contribution in [-0.2, 0) is 9.53 Å². The molecule has 0 bridgehead atoms. The van der Waals surface area contributed by atoms with Gasteiger partial charge in [0.1, 0.15) is 74.4 Å². The molecule has 23 nitrogen and oxygen atoms in total. The van der Waals surface area contributed by atoms with Gasteiger partial charge in [-0.2, -0.15) is 0 Å². The lowest BCUT2D eigenvalue weighted by Gasteiger charge is -2.46. The number of benzene rings is 7. The summed E-state index contributed by atoms with van der Waals surface area (Å²) < 4.78 is 24.9. The lowest BCUT2D eigenvalue weighted by Crippen LogP contribution is -2.54. The summed E-state index contributed by atoms with van der Waals surface area (Å²) in [6, 6.07) is 71.6. The Kier molecular flexibility index (Phi) is 22.0. The molecule has 6 aliphatic rings. The summed E-state index contributed by atoms with van der Waals surface area (Å²) in [5.41, 5.74) is 37.6. The minimum Gasteiger partial charge on any atom is -0.465 e. The Labute approximate surface area is 720 Å². The number of piperazine rings is 2. The quantitative estimate of drug-likeness (QED) is 0.0716. The number of hydrogen-bond donors (Lipinski definition) is 3. The molecule has 22 rings (SSSR count). The molecule has 16 aromatic rings. The van der Waals surface area contributed by atoms with Crippen molar-refractivity contribution in [3.05, 3.63) is 267 Å². The van der Waals surface area contributed by atoms with Gasteiger partial charge in [0, 0.05) is 187 Å². The van der Waals surface area contributed by atoms with Gasteiger partial charge in [-0.3, -0.25) is 32.7 Å². The van der Waals surface area contributed by atoms with Crippen molar-refractivity contribution < 1.29 is 13.9 Å². The molecular formula is C100H102FN21O2. The summed E-state index contributed by atoms with van der Waals surface area (Å²) in [7, 11) is 4.55. The predicted octanol–water partition coefficient (Wildman–Crippen LogP) is 16.5. The number of rotatable bonds is 17. The zero-order valence-electron chi connectivity index (χ0n) is 70.3. The van der Waals surface area contributed by atoms with Crippen molar-refractivity contribution in [3.63, 3.8) is 0 Å². The maximum absolute atomic E-state index is 13.4. The van der Waals surface area contributed by atoms with E-state index in [0.717, 1.165) is 231 Å². The van der Waals surface area contributed by atoms with Crippen LogP contribution in [0.25, 0.3) is 117 Å². The summed E-state index contributed by atoms with van der Waals surface area (Å²) in [4.78, 5) is 70.5. The topological polar surface area (TPSA) is 253 Å². The number of pyridine rings is 3. The van der Waals surface area contributed by atoms with Gasteiger partial charge in [-0.15, -0.1) is 0 Å². The van der Waals surface area contributed by atoms with E-state index in [1.807, 2.05) is 92.2 Å². The zero-order valence-corrected chi connectivity index (χ0v) is 70.3. The highest BCUT2D eigenvalue weighted by Gasteiger charge is 2.42. The third-order valence-electron chi connectivity index (χ3n) is 26.8. The van der Waals surface area contributed by atoms with E-state index in [1.54, 1.807) is 30.7 Å². The van der Waals surface area contributed by atoms with Gasteiger partial charge < -0.3 is 36.6 Å². The number of nitrogens with two attached hydrogens (primary N) is 3. The molecule has 3 saturated carbocycles. The first-order valence-corrected chi connectivity index (χ1v) is 43.8. The van der Waals surface area contributed by atoms with Gasteiger partial charge in [-0.05, 0) is 146 Å². The van der Waals surface area contributed by atoms with E-state index in [0.29, 0.717) is 72.5 Å². The molecule has 0 atom stereocenters. The fourth-order valence-electron chi connectivity index (χ4n) is 19.5. The van der Waals surface area contributed by atoms with Crippen molar-refractivity contribution in [1.29, 1.82) is 0 Å². The number of nitrogen functional groups attached to an aromatic ring is 3. The Morgan fingerprint density at radius 2 is 0.798 bits per heavy atom. The number of likely N-dealkylation sites (tertiary alicyclic amines) is 1. The van der Waals surface area contributed by atoms with Gasteiger partial charge in [0.15, 0.2) is 0 Å². The van der Waals surface area contributed by atoms with Crippen LogP contribution in [0.15, 0.2) is 243 Å². The highest BCUT2D eigenvalue weighted by atomic mass is 19.1. The van der Waals surface area contributed by atoms with Crippen LogP contribution in [0, 0.1) is 5.82 Å². The van der Waals surface area contributed by atoms with Crippen molar-refractivity contribution in [2.75, 3.05) is 115 Å². The number of halogens is 1. The summed E-state index contributed by atoms with van der Waals surface area (Å²) in [6.45, 7) is 12.7. The standard InChI is InChI=1S/C35H32FN7.C33H35N7O2.C32H35N7/c36-27-9-11-28(12-10-27)41-16-18-42(19-17-41)29-20-26(21-29)35-40-32(33-34(37)38-14-15-43(33)35)25-7-6-24-8-13-30(39-31(24)22-25)23-4-2-1-3-5-23;1-2-42-29(41)21-38-14-16-39(17-15-38)26-18-25(19-26)33-37-30(31-32(34)35-12-13-40(31)33)24-9-8-23-10-11-27(36-28(23)20-24)22-6-4-3-5-7-22;1-37-15-12-25(13-16-37)38(2)26-18-24(19-26)32-36-29(30-31(33)34-14-17-39(30)32)23-9-8-22-10-11-27(35-28(22)20-23)21-6-4-3-5-7-21/h1-15,22,26,29H,16-21H2,(H2,37,38);3-13,20,25-26H,2,14-19,21H2,1H3,(H2,34,35);3-11,14,17,20,24-26H,12-13,15-16,18-19H2,1-2H3,(H2,33,34). The number of anilines is 4. The summed E-state index contributed by atoms with van der Waals surface area (Å²) in [6.07, 6.45) is 20.3. The lowest BCUT2D eigenvalue weighted by molar-refractivity contribution is -0.145. The highest BCUT2D eigenvalue weighted by Crippen LogP contribution is 2.47. The minimum atomic E-state index is -0.190. The van der Waals surface area contributed by atoms with Crippen LogP contribution in [0.5, 0.6) is 0 Å². The van der Waals surface area contributed by atoms with Crippen LogP contribution in [0.2, 0.25) is 0 Å². The van der Waals surface area contributed by atoms with Gasteiger partial charge >= 0.3 is 5.97 Å². The zero-order chi connectivity index (χ0) is 84.1. The molecule has 0 radical (unpaired) electrons. The van der Waals surface area contributed by atoms with Crippen LogP contribution >= 0.6 is 0 Å². The van der Waals surface area contributed by atoms with Crippen molar-refractivity contribution in [2.45, 2.75) is 100 Å². The number of hydrogen-bond acceptors (Lipinski definition) is 20. The number of aromatic nitrogens is 12. The van der Waals surface area contributed by atoms with Crippen molar-refractivity contribution in [1.82, 2.24) is 82.6 Å². The van der Waals surface area contributed by atoms with E-state index in [2.05, 4.69) is 199 Å². The second-order valence-corrected chi connectivity index (χ2v) is 34.2. The monoisotopic (exact) mass is 1650 g/mol. The van der Waals surface area contributed by atoms with Gasteiger partial charge in [-0.1, -0.05) is 146 Å². The van der Waals surface area contributed by atoms with E-state index in [9.17, 15) is 9.18 Å². The third kappa shape index (κ3) is 16.0. The predicted molar refractivity (Wildman–Crippen MR) is 491 cm³/mol. The van der Waals surface area contributed by atoms with Crippen LogP contribution in [0.3, 0.4) is 0 Å². The Hall–Kier alpha value is -13.0.